The zero-order valence-corrected chi connectivity index (χ0v) is 10.2. The summed E-state index contributed by atoms with van der Waals surface area (Å²) in [5.41, 5.74) is 1.86. The third-order valence-electron chi connectivity index (χ3n) is 2.76. The molecular formula is C15H15FN2. The van der Waals surface area contributed by atoms with Gasteiger partial charge >= 0.3 is 0 Å². The van der Waals surface area contributed by atoms with Gasteiger partial charge < -0.3 is 4.90 Å². The SMILES string of the molecule is CN(Cc1ccc(F)cc1)C(=N)c1ccccc1. The summed E-state index contributed by atoms with van der Waals surface area (Å²) in [6, 6.07) is 15.9. The average Bonchev–Trinajstić information content (AvgIpc) is 2.41. The minimum absolute atomic E-state index is 0.237. The van der Waals surface area contributed by atoms with E-state index in [-0.39, 0.29) is 5.82 Å². The van der Waals surface area contributed by atoms with Crippen molar-refractivity contribution < 1.29 is 4.39 Å². The molecule has 0 radical (unpaired) electrons. The molecule has 2 aromatic carbocycles. The second-order valence-corrected chi connectivity index (χ2v) is 4.20. The number of benzene rings is 2. The lowest BCUT2D eigenvalue weighted by molar-refractivity contribution is 0.497. The molecule has 0 amide bonds. The van der Waals surface area contributed by atoms with E-state index in [4.69, 9.17) is 5.41 Å². The monoisotopic (exact) mass is 242 g/mol. The first-order valence-electron chi connectivity index (χ1n) is 5.76. The molecule has 0 spiro atoms. The largest absolute Gasteiger partial charge is 0.355 e. The van der Waals surface area contributed by atoms with Gasteiger partial charge in [-0.3, -0.25) is 5.41 Å². The summed E-state index contributed by atoms with van der Waals surface area (Å²) in [6.07, 6.45) is 0. The quantitative estimate of drug-likeness (QED) is 0.649. The normalized spacial score (nSPS) is 10.1. The fourth-order valence-corrected chi connectivity index (χ4v) is 1.76. The van der Waals surface area contributed by atoms with Crippen LogP contribution in [0.4, 0.5) is 4.39 Å². The van der Waals surface area contributed by atoms with Gasteiger partial charge in [0.2, 0.25) is 0 Å². The zero-order chi connectivity index (χ0) is 13.0. The molecule has 0 atom stereocenters. The van der Waals surface area contributed by atoms with Crippen LogP contribution in [0.5, 0.6) is 0 Å². The van der Waals surface area contributed by atoms with Gasteiger partial charge in [-0.15, -0.1) is 0 Å². The lowest BCUT2D eigenvalue weighted by Crippen LogP contribution is -2.26. The van der Waals surface area contributed by atoms with Crippen LogP contribution in [0.1, 0.15) is 11.1 Å². The highest BCUT2D eigenvalue weighted by Gasteiger charge is 2.07. The van der Waals surface area contributed by atoms with Crippen LogP contribution >= 0.6 is 0 Å². The number of halogens is 1. The summed E-state index contributed by atoms with van der Waals surface area (Å²) >= 11 is 0. The van der Waals surface area contributed by atoms with E-state index >= 15 is 0 Å². The van der Waals surface area contributed by atoms with Crippen molar-refractivity contribution >= 4 is 5.84 Å². The van der Waals surface area contributed by atoms with Gasteiger partial charge in [0.25, 0.3) is 0 Å². The Labute approximate surface area is 106 Å². The first-order chi connectivity index (χ1) is 8.66. The molecule has 0 aliphatic rings. The van der Waals surface area contributed by atoms with E-state index < -0.39 is 0 Å². The van der Waals surface area contributed by atoms with E-state index in [1.807, 2.05) is 42.3 Å². The number of nitrogens with zero attached hydrogens (tertiary/aromatic N) is 1. The fraction of sp³-hybridized carbons (Fsp3) is 0.133. The Morgan fingerprint density at radius 2 is 1.67 bits per heavy atom. The Bertz CT molecular complexity index is 520. The van der Waals surface area contributed by atoms with Gasteiger partial charge in [-0.25, -0.2) is 4.39 Å². The second kappa shape index (κ2) is 5.45. The van der Waals surface area contributed by atoms with Crippen LogP contribution in [0.15, 0.2) is 54.6 Å². The predicted molar refractivity (Wildman–Crippen MR) is 71.1 cm³/mol. The summed E-state index contributed by atoms with van der Waals surface area (Å²) in [5.74, 6) is 0.222. The van der Waals surface area contributed by atoms with Crippen LogP contribution in [0.3, 0.4) is 0 Å². The van der Waals surface area contributed by atoms with Gasteiger partial charge in [0.1, 0.15) is 11.7 Å². The van der Waals surface area contributed by atoms with Crippen LogP contribution in [0.2, 0.25) is 0 Å². The summed E-state index contributed by atoms with van der Waals surface area (Å²) in [4.78, 5) is 1.84. The van der Waals surface area contributed by atoms with E-state index in [9.17, 15) is 4.39 Å². The van der Waals surface area contributed by atoms with Crippen molar-refractivity contribution in [1.29, 1.82) is 5.41 Å². The van der Waals surface area contributed by atoms with Crippen LogP contribution < -0.4 is 0 Å². The molecule has 0 saturated carbocycles. The molecule has 0 bridgehead atoms. The number of rotatable bonds is 3. The molecule has 0 saturated heterocycles. The standard InChI is InChI=1S/C15H15FN2/c1-18(11-12-7-9-14(16)10-8-12)15(17)13-5-3-2-4-6-13/h2-10,17H,11H2,1H3. The molecule has 2 aromatic rings. The maximum Gasteiger partial charge on any atom is 0.128 e. The van der Waals surface area contributed by atoms with Crippen LogP contribution in [-0.2, 0) is 6.54 Å². The lowest BCUT2D eigenvalue weighted by atomic mass is 10.1. The van der Waals surface area contributed by atoms with Gasteiger partial charge in [0.15, 0.2) is 0 Å². The third-order valence-corrected chi connectivity index (χ3v) is 2.76. The molecule has 92 valence electrons. The minimum Gasteiger partial charge on any atom is -0.355 e. The minimum atomic E-state index is -0.237. The highest BCUT2D eigenvalue weighted by molar-refractivity contribution is 5.96. The number of amidine groups is 1. The maximum atomic E-state index is 12.8. The van der Waals surface area contributed by atoms with Crippen LogP contribution in [0.25, 0.3) is 0 Å². The Balaban J connectivity index is 2.06. The summed E-state index contributed by atoms with van der Waals surface area (Å²) in [6.45, 7) is 0.591. The fourth-order valence-electron chi connectivity index (χ4n) is 1.76. The van der Waals surface area contributed by atoms with Gasteiger partial charge in [-0.05, 0) is 17.7 Å². The van der Waals surface area contributed by atoms with E-state index in [1.165, 1.54) is 12.1 Å². The molecule has 0 fully saturated rings. The first kappa shape index (κ1) is 12.3. The van der Waals surface area contributed by atoms with Gasteiger partial charge in [-0.1, -0.05) is 42.5 Å². The van der Waals surface area contributed by atoms with E-state index in [0.29, 0.717) is 12.4 Å². The summed E-state index contributed by atoms with van der Waals surface area (Å²) in [5, 5.41) is 8.08. The molecular weight excluding hydrogens is 227 g/mol. The highest BCUT2D eigenvalue weighted by atomic mass is 19.1. The van der Waals surface area contributed by atoms with Crippen molar-refractivity contribution in [2.45, 2.75) is 6.54 Å². The Kier molecular flexibility index (Phi) is 3.72. The number of hydrogen-bond acceptors (Lipinski definition) is 1. The molecule has 0 aliphatic heterocycles. The Morgan fingerprint density at radius 1 is 1.06 bits per heavy atom. The van der Waals surface area contributed by atoms with E-state index in [2.05, 4.69) is 0 Å². The Morgan fingerprint density at radius 3 is 2.28 bits per heavy atom. The van der Waals surface area contributed by atoms with Crippen LogP contribution in [0, 0.1) is 11.2 Å². The van der Waals surface area contributed by atoms with Crippen molar-refractivity contribution in [1.82, 2.24) is 4.90 Å². The molecule has 3 heteroatoms. The molecule has 0 aromatic heterocycles. The van der Waals surface area contributed by atoms with Crippen molar-refractivity contribution in [2.75, 3.05) is 7.05 Å². The lowest BCUT2D eigenvalue weighted by Gasteiger charge is -2.20. The second-order valence-electron chi connectivity index (χ2n) is 4.20. The summed E-state index contributed by atoms with van der Waals surface area (Å²) < 4.78 is 12.8. The van der Waals surface area contributed by atoms with Crippen molar-refractivity contribution in [3.8, 4) is 0 Å². The molecule has 2 nitrogen and oxygen atoms in total. The van der Waals surface area contributed by atoms with Gasteiger partial charge in [-0.2, -0.15) is 0 Å². The number of nitrogens with one attached hydrogen (secondary N) is 1. The topological polar surface area (TPSA) is 27.1 Å². The first-order valence-corrected chi connectivity index (χ1v) is 5.76. The summed E-state index contributed by atoms with van der Waals surface area (Å²) in [7, 11) is 1.86. The molecule has 18 heavy (non-hydrogen) atoms. The van der Waals surface area contributed by atoms with Gasteiger partial charge in [0.05, 0.1) is 0 Å². The highest BCUT2D eigenvalue weighted by Crippen LogP contribution is 2.09. The van der Waals surface area contributed by atoms with Crippen molar-refractivity contribution in [3.63, 3.8) is 0 Å². The third kappa shape index (κ3) is 2.94. The Hall–Kier alpha value is -2.16. The zero-order valence-electron chi connectivity index (χ0n) is 10.2. The number of hydrogen-bond donors (Lipinski definition) is 1. The van der Waals surface area contributed by atoms with Crippen LogP contribution in [-0.4, -0.2) is 17.8 Å². The van der Waals surface area contributed by atoms with Gasteiger partial charge in [0, 0.05) is 19.2 Å². The maximum absolute atomic E-state index is 12.8. The van der Waals surface area contributed by atoms with Crippen molar-refractivity contribution in [2.24, 2.45) is 0 Å². The van der Waals surface area contributed by atoms with E-state index in [1.54, 1.807) is 12.1 Å². The van der Waals surface area contributed by atoms with E-state index in [0.717, 1.165) is 11.1 Å². The molecule has 0 aliphatic carbocycles. The molecule has 1 N–H and O–H groups in total. The average molecular weight is 242 g/mol. The predicted octanol–water partition coefficient (Wildman–Crippen LogP) is 3.28. The molecule has 0 heterocycles. The smallest absolute Gasteiger partial charge is 0.128 e. The van der Waals surface area contributed by atoms with Crippen molar-refractivity contribution in [3.05, 3.63) is 71.5 Å². The molecule has 2 rings (SSSR count). The molecule has 0 unspecified atom stereocenters.